The molecule has 6 nitrogen and oxygen atoms in total. The van der Waals surface area contributed by atoms with Gasteiger partial charge < -0.3 is 9.84 Å². The summed E-state index contributed by atoms with van der Waals surface area (Å²) in [5, 5.41) is 7.69. The number of carbonyl (C=O) groups is 1. The highest BCUT2D eigenvalue weighted by atomic mass is 35.5. The van der Waals surface area contributed by atoms with Crippen molar-refractivity contribution in [3.8, 4) is 9.88 Å². The molecule has 0 saturated carbocycles. The van der Waals surface area contributed by atoms with Gasteiger partial charge in [-0.05, 0) is 32.4 Å². The number of carbonyl (C=O) groups excluding carboxylic acids is 1. The third kappa shape index (κ3) is 4.08. The lowest BCUT2D eigenvalue weighted by Gasteiger charge is -2.21. The van der Waals surface area contributed by atoms with Gasteiger partial charge in [-0.2, -0.15) is 4.98 Å². The molecule has 0 bridgehead atoms. The van der Waals surface area contributed by atoms with Crippen LogP contribution in [0.5, 0.6) is 0 Å². The average molecular weight is 397 g/mol. The number of aryl methyl sites for hydroxylation is 1. The van der Waals surface area contributed by atoms with Crippen molar-refractivity contribution in [2.75, 3.05) is 0 Å². The van der Waals surface area contributed by atoms with E-state index in [2.05, 4.69) is 20.4 Å². The maximum Gasteiger partial charge on any atom is 0.263 e. The summed E-state index contributed by atoms with van der Waals surface area (Å²) in [6.07, 6.45) is 3.21. The molecule has 1 amide bonds. The number of aromatic nitrogens is 3. The van der Waals surface area contributed by atoms with Crippen LogP contribution < -0.4 is 5.32 Å². The highest BCUT2D eigenvalue weighted by Crippen LogP contribution is 2.33. The molecule has 0 spiro atoms. The summed E-state index contributed by atoms with van der Waals surface area (Å²) in [6, 6.07) is 3.71. The van der Waals surface area contributed by atoms with Crippen molar-refractivity contribution in [3.05, 3.63) is 39.3 Å². The van der Waals surface area contributed by atoms with E-state index in [1.165, 1.54) is 22.7 Å². The fraction of sp³-hybridized carbons (Fsp3) is 0.375. The summed E-state index contributed by atoms with van der Waals surface area (Å²) in [6.45, 7) is 5.72. The lowest BCUT2D eigenvalue weighted by molar-refractivity contribution is 0.0911. The van der Waals surface area contributed by atoms with E-state index in [1.54, 1.807) is 6.20 Å². The van der Waals surface area contributed by atoms with E-state index in [0.717, 1.165) is 22.7 Å². The minimum atomic E-state index is -0.747. The number of amides is 1. The molecule has 3 heterocycles. The fourth-order valence-corrected chi connectivity index (χ4v) is 4.06. The van der Waals surface area contributed by atoms with Crippen LogP contribution in [0, 0.1) is 0 Å². The minimum absolute atomic E-state index is 0.224. The number of rotatable bonds is 6. The topological polar surface area (TPSA) is 80.9 Å². The van der Waals surface area contributed by atoms with Crippen LogP contribution in [0.3, 0.4) is 0 Å². The zero-order valence-corrected chi connectivity index (χ0v) is 16.4. The lowest BCUT2D eigenvalue weighted by atomic mass is 10.0. The third-order valence-corrected chi connectivity index (χ3v) is 5.83. The molecule has 0 unspecified atom stereocenters. The van der Waals surface area contributed by atoms with Crippen molar-refractivity contribution in [2.24, 2.45) is 0 Å². The number of nitrogens with one attached hydrogen (secondary N) is 1. The van der Waals surface area contributed by atoms with E-state index < -0.39 is 5.54 Å². The van der Waals surface area contributed by atoms with E-state index in [9.17, 15) is 4.79 Å². The van der Waals surface area contributed by atoms with E-state index >= 15 is 0 Å². The van der Waals surface area contributed by atoms with E-state index in [4.69, 9.17) is 16.1 Å². The van der Waals surface area contributed by atoms with Gasteiger partial charge in [0.25, 0.3) is 5.91 Å². The van der Waals surface area contributed by atoms with E-state index in [1.807, 2.05) is 32.9 Å². The number of nitrogens with zero attached hydrogens (tertiary/aromatic N) is 3. The SMILES string of the molecule is CCCc1nc(C(C)(C)NC(=O)c2cnc(-c3ccc(Cl)s3)s2)no1. The van der Waals surface area contributed by atoms with Crippen molar-refractivity contribution in [3.63, 3.8) is 0 Å². The molecule has 132 valence electrons. The first-order valence-corrected chi connectivity index (χ1v) is 9.77. The molecule has 0 radical (unpaired) electrons. The number of thiophene rings is 1. The molecule has 3 aromatic rings. The number of halogens is 1. The van der Waals surface area contributed by atoms with Crippen LogP contribution in [0.2, 0.25) is 4.34 Å². The molecule has 0 aromatic carbocycles. The molecule has 0 aliphatic carbocycles. The average Bonchev–Trinajstić information content (AvgIpc) is 3.26. The van der Waals surface area contributed by atoms with Crippen LogP contribution in [0.4, 0.5) is 0 Å². The highest BCUT2D eigenvalue weighted by molar-refractivity contribution is 7.24. The summed E-state index contributed by atoms with van der Waals surface area (Å²) in [7, 11) is 0. The number of thiazole rings is 1. The zero-order valence-electron chi connectivity index (χ0n) is 14.0. The van der Waals surface area contributed by atoms with E-state index in [0.29, 0.717) is 20.9 Å². The van der Waals surface area contributed by atoms with Crippen molar-refractivity contribution < 1.29 is 9.32 Å². The highest BCUT2D eigenvalue weighted by Gasteiger charge is 2.29. The van der Waals surface area contributed by atoms with Gasteiger partial charge >= 0.3 is 0 Å². The largest absolute Gasteiger partial charge is 0.339 e. The summed E-state index contributed by atoms with van der Waals surface area (Å²) in [5.41, 5.74) is -0.747. The molecule has 25 heavy (non-hydrogen) atoms. The Labute approximate surface area is 158 Å². The molecule has 3 rings (SSSR count). The van der Waals surface area contributed by atoms with Crippen LogP contribution >= 0.6 is 34.3 Å². The Morgan fingerprint density at radius 2 is 2.16 bits per heavy atom. The van der Waals surface area contributed by atoms with E-state index in [-0.39, 0.29) is 5.91 Å². The first-order valence-electron chi connectivity index (χ1n) is 7.76. The summed E-state index contributed by atoms with van der Waals surface area (Å²) in [4.78, 5) is 22.7. The van der Waals surface area contributed by atoms with Crippen LogP contribution in [0.25, 0.3) is 9.88 Å². The Morgan fingerprint density at radius 1 is 1.36 bits per heavy atom. The molecule has 1 N–H and O–H groups in total. The Balaban J connectivity index is 1.73. The van der Waals surface area contributed by atoms with Gasteiger partial charge in [0, 0.05) is 6.42 Å². The monoisotopic (exact) mass is 396 g/mol. The second-order valence-electron chi connectivity index (χ2n) is 5.97. The Hall–Kier alpha value is -1.77. The fourth-order valence-electron chi connectivity index (χ4n) is 2.15. The van der Waals surface area contributed by atoms with Gasteiger partial charge in [0.2, 0.25) is 5.89 Å². The van der Waals surface area contributed by atoms with Crippen molar-refractivity contribution in [2.45, 2.75) is 39.2 Å². The lowest BCUT2D eigenvalue weighted by Crippen LogP contribution is -2.41. The van der Waals surface area contributed by atoms with Gasteiger partial charge in [-0.1, -0.05) is 23.7 Å². The summed E-state index contributed by atoms with van der Waals surface area (Å²) >= 11 is 8.71. The molecule has 0 aliphatic rings. The van der Waals surface area contributed by atoms with Gasteiger partial charge in [0.05, 0.1) is 20.9 Å². The smallest absolute Gasteiger partial charge is 0.263 e. The first kappa shape index (κ1) is 18.0. The standard InChI is InChI=1S/C16H17ClN4O2S2/c1-4-5-12-19-15(21-23-12)16(2,3)20-13(22)10-8-18-14(25-10)9-6-7-11(17)24-9/h6-8H,4-5H2,1-3H3,(H,20,22). The van der Waals surface area contributed by atoms with Gasteiger partial charge in [0.15, 0.2) is 5.82 Å². The molecule has 0 fully saturated rings. The second-order valence-corrected chi connectivity index (χ2v) is 8.72. The first-order chi connectivity index (χ1) is 11.9. The van der Waals surface area contributed by atoms with Crippen molar-refractivity contribution >= 4 is 40.2 Å². The second kappa shape index (κ2) is 7.23. The third-order valence-electron chi connectivity index (χ3n) is 3.43. The van der Waals surface area contributed by atoms with Gasteiger partial charge in [-0.25, -0.2) is 4.98 Å². The quantitative estimate of drug-likeness (QED) is 0.662. The molecule has 0 aliphatic heterocycles. The maximum atomic E-state index is 12.6. The van der Waals surface area contributed by atoms with Gasteiger partial charge in [0.1, 0.15) is 9.88 Å². The van der Waals surface area contributed by atoms with Crippen molar-refractivity contribution in [1.29, 1.82) is 0 Å². The zero-order chi connectivity index (χ0) is 18.0. The maximum absolute atomic E-state index is 12.6. The predicted octanol–water partition coefficient (Wildman–Crippen LogP) is 4.53. The molecular weight excluding hydrogens is 380 g/mol. The Morgan fingerprint density at radius 3 is 2.84 bits per heavy atom. The molecule has 0 atom stereocenters. The van der Waals surface area contributed by atoms with Crippen LogP contribution in [-0.4, -0.2) is 21.0 Å². The van der Waals surface area contributed by atoms with Crippen molar-refractivity contribution in [1.82, 2.24) is 20.4 Å². The summed E-state index contributed by atoms with van der Waals surface area (Å²) in [5.74, 6) is 0.812. The number of hydrogen-bond donors (Lipinski definition) is 1. The molecule has 9 heteroatoms. The molecule has 3 aromatic heterocycles. The number of hydrogen-bond acceptors (Lipinski definition) is 7. The normalized spacial score (nSPS) is 11.7. The van der Waals surface area contributed by atoms with Crippen LogP contribution in [-0.2, 0) is 12.0 Å². The Kier molecular flexibility index (Phi) is 5.21. The molecular formula is C16H17ClN4O2S2. The summed E-state index contributed by atoms with van der Waals surface area (Å²) < 4.78 is 5.90. The van der Waals surface area contributed by atoms with Gasteiger partial charge in [-0.3, -0.25) is 4.79 Å². The predicted molar refractivity (Wildman–Crippen MR) is 99.2 cm³/mol. The van der Waals surface area contributed by atoms with Crippen LogP contribution in [0.15, 0.2) is 22.9 Å². The van der Waals surface area contributed by atoms with Crippen LogP contribution in [0.1, 0.15) is 48.6 Å². The minimum Gasteiger partial charge on any atom is -0.339 e. The Bertz CT molecular complexity index is 884. The van der Waals surface area contributed by atoms with Gasteiger partial charge in [-0.15, -0.1) is 22.7 Å². The molecule has 0 saturated heterocycles.